The van der Waals surface area contributed by atoms with Gasteiger partial charge in [-0.25, -0.2) is 4.39 Å². The van der Waals surface area contributed by atoms with Gasteiger partial charge in [0.25, 0.3) is 5.91 Å². The Kier molecular flexibility index (Phi) is 3.59. The average Bonchev–Trinajstić information content (AvgIpc) is 2.18. The van der Waals surface area contributed by atoms with Crippen LogP contribution in [0.3, 0.4) is 0 Å². The van der Waals surface area contributed by atoms with Gasteiger partial charge in [-0.15, -0.1) is 0 Å². The van der Waals surface area contributed by atoms with Crippen molar-refractivity contribution < 1.29 is 9.18 Å². The third-order valence-electron chi connectivity index (χ3n) is 1.87. The van der Waals surface area contributed by atoms with E-state index in [9.17, 15) is 9.18 Å². The number of hydrogen-bond acceptors (Lipinski definition) is 2. The van der Waals surface area contributed by atoms with Gasteiger partial charge in [0, 0.05) is 0 Å². The second kappa shape index (κ2) is 4.72. The van der Waals surface area contributed by atoms with Crippen molar-refractivity contribution in [3.05, 3.63) is 35.6 Å². The molecule has 1 aromatic rings. The molecule has 3 N–H and O–H groups in total. The maximum absolute atomic E-state index is 13.1. The summed E-state index contributed by atoms with van der Waals surface area (Å²) in [5.74, 6) is -1.01. The van der Waals surface area contributed by atoms with Crippen LogP contribution in [0.1, 0.15) is 23.7 Å². The Labute approximate surface area is 82.1 Å². The summed E-state index contributed by atoms with van der Waals surface area (Å²) in [4.78, 5) is 11.4. The summed E-state index contributed by atoms with van der Waals surface area (Å²) in [6, 6.07) is 5.81. The first kappa shape index (κ1) is 10.7. The van der Waals surface area contributed by atoms with Crippen LogP contribution in [0.25, 0.3) is 0 Å². The Balaban J connectivity index is 2.75. The lowest BCUT2D eigenvalue weighted by Crippen LogP contribution is -2.41. The fraction of sp³-hybridized carbons (Fsp3) is 0.300. The van der Waals surface area contributed by atoms with E-state index in [0.29, 0.717) is 6.42 Å². The summed E-state index contributed by atoms with van der Waals surface area (Å²) in [6.45, 7) is 1.84. The minimum atomic E-state index is -0.534. The van der Waals surface area contributed by atoms with Crippen molar-refractivity contribution in [1.29, 1.82) is 0 Å². The van der Waals surface area contributed by atoms with E-state index in [0.717, 1.165) is 0 Å². The normalized spacial score (nSPS) is 12.2. The molecule has 4 heteroatoms. The quantitative estimate of drug-likeness (QED) is 0.715. The largest absolute Gasteiger partial charge is 0.337 e. The van der Waals surface area contributed by atoms with E-state index in [4.69, 9.17) is 5.73 Å². The first-order valence-corrected chi connectivity index (χ1v) is 4.46. The second-order valence-electron chi connectivity index (χ2n) is 2.97. The number of hydrogen-bond donors (Lipinski definition) is 2. The minimum absolute atomic E-state index is 0.0244. The zero-order chi connectivity index (χ0) is 10.6. The maximum Gasteiger partial charge on any atom is 0.255 e. The number of carbonyl (C=O) groups excluding carboxylic acids is 1. The number of nitrogens with two attached hydrogens (primary N) is 1. The number of halogens is 1. The first-order valence-electron chi connectivity index (χ1n) is 4.46. The minimum Gasteiger partial charge on any atom is -0.337 e. The summed E-state index contributed by atoms with van der Waals surface area (Å²) in [7, 11) is 0. The van der Waals surface area contributed by atoms with E-state index in [-0.39, 0.29) is 5.56 Å². The smallest absolute Gasteiger partial charge is 0.255 e. The predicted molar refractivity (Wildman–Crippen MR) is 52.1 cm³/mol. The van der Waals surface area contributed by atoms with Crippen LogP contribution in [0.2, 0.25) is 0 Å². The summed E-state index contributed by atoms with van der Waals surface area (Å²) >= 11 is 0. The topological polar surface area (TPSA) is 55.1 Å². The highest BCUT2D eigenvalue weighted by molar-refractivity contribution is 5.94. The summed E-state index contributed by atoms with van der Waals surface area (Å²) in [6.07, 6.45) is 0.183. The highest BCUT2D eigenvalue weighted by atomic mass is 19.1. The van der Waals surface area contributed by atoms with Gasteiger partial charge in [-0.2, -0.15) is 0 Å². The van der Waals surface area contributed by atoms with Crippen molar-refractivity contribution in [3.8, 4) is 0 Å². The van der Waals surface area contributed by atoms with Crippen LogP contribution in [0.15, 0.2) is 24.3 Å². The maximum atomic E-state index is 13.1. The van der Waals surface area contributed by atoms with E-state index >= 15 is 0 Å². The van der Waals surface area contributed by atoms with Gasteiger partial charge in [-0.3, -0.25) is 4.79 Å². The molecule has 0 fully saturated rings. The van der Waals surface area contributed by atoms with Crippen LogP contribution in [-0.4, -0.2) is 12.1 Å². The molecular weight excluding hydrogens is 183 g/mol. The van der Waals surface area contributed by atoms with Gasteiger partial charge in [-0.1, -0.05) is 19.1 Å². The predicted octanol–water partition coefficient (Wildman–Crippen LogP) is 1.25. The Morgan fingerprint density at radius 1 is 1.57 bits per heavy atom. The van der Waals surface area contributed by atoms with Crippen LogP contribution in [0.4, 0.5) is 4.39 Å². The first-order chi connectivity index (χ1) is 6.65. The van der Waals surface area contributed by atoms with Crippen LogP contribution in [-0.2, 0) is 0 Å². The number of nitrogens with one attached hydrogen (secondary N) is 1. The molecule has 0 aliphatic rings. The van der Waals surface area contributed by atoms with Crippen LogP contribution in [0.5, 0.6) is 0 Å². The van der Waals surface area contributed by atoms with Gasteiger partial charge in [0.1, 0.15) is 5.82 Å². The van der Waals surface area contributed by atoms with Gasteiger partial charge < -0.3 is 11.1 Å². The molecular formula is C10H13FN2O. The van der Waals surface area contributed by atoms with E-state index < -0.39 is 17.9 Å². The molecule has 1 rings (SSSR count). The lowest BCUT2D eigenvalue weighted by molar-refractivity contribution is 0.0933. The zero-order valence-corrected chi connectivity index (χ0v) is 7.96. The molecule has 0 bridgehead atoms. The van der Waals surface area contributed by atoms with Crippen molar-refractivity contribution in [1.82, 2.24) is 5.32 Å². The SMILES string of the molecule is CCC(N)NC(=O)c1ccccc1F. The monoisotopic (exact) mass is 196 g/mol. The summed E-state index contributed by atoms with van der Waals surface area (Å²) < 4.78 is 13.1. The summed E-state index contributed by atoms with van der Waals surface area (Å²) in [5.41, 5.74) is 5.53. The van der Waals surface area contributed by atoms with Gasteiger partial charge >= 0.3 is 0 Å². The van der Waals surface area contributed by atoms with Crippen molar-refractivity contribution in [2.75, 3.05) is 0 Å². The van der Waals surface area contributed by atoms with E-state index in [1.165, 1.54) is 18.2 Å². The van der Waals surface area contributed by atoms with Crippen molar-refractivity contribution >= 4 is 5.91 Å². The molecule has 1 atom stereocenters. The van der Waals surface area contributed by atoms with E-state index in [2.05, 4.69) is 5.32 Å². The molecule has 0 spiro atoms. The average molecular weight is 196 g/mol. The van der Waals surface area contributed by atoms with Crippen molar-refractivity contribution in [2.45, 2.75) is 19.5 Å². The molecule has 14 heavy (non-hydrogen) atoms. The highest BCUT2D eigenvalue weighted by Gasteiger charge is 2.11. The van der Waals surface area contributed by atoms with Gasteiger partial charge in [0.15, 0.2) is 0 Å². The molecule has 0 radical (unpaired) electrons. The van der Waals surface area contributed by atoms with E-state index in [1.807, 2.05) is 6.92 Å². The summed E-state index contributed by atoms with van der Waals surface area (Å²) in [5, 5.41) is 2.49. The molecule has 0 aliphatic carbocycles. The number of rotatable bonds is 3. The zero-order valence-electron chi connectivity index (χ0n) is 7.96. The van der Waals surface area contributed by atoms with Gasteiger partial charge in [0.2, 0.25) is 0 Å². The molecule has 0 saturated carbocycles. The Hall–Kier alpha value is -1.42. The fourth-order valence-corrected chi connectivity index (χ4v) is 0.994. The number of carbonyl (C=O) groups is 1. The molecule has 3 nitrogen and oxygen atoms in total. The molecule has 1 amide bonds. The second-order valence-corrected chi connectivity index (χ2v) is 2.97. The lowest BCUT2D eigenvalue weighted by Gasteiger charge is -2.11. The number of benzene rings is 1. The Morgan fingerprint density at radius 3 is 2.79 bits per heavy atom. The number of amides is 1. The molecule has 0 heterocycles. The Bertz CT molecular complexity index is 328. The van der Waals surface area contributed by atoms with Gasteiger partial charge in [-0.05, 0) is 18.6 Å². The molecule has 0 aliphatic heterocycles. The molecule has 0 saturated heterocycles. The molecule has 76 valence electrons. The third kappa shape index (κ3) is 2.53. The van der Waals surface area contributed by atoms with Gasteiger partial charge in [0.05, 0.1) is 11.7 Å². The van der Waals surface area contributed by atoms with Crippen LogP contribution < -0.4 is 11.1 Å². The van der Waals surface area contributed by atoms with E-state index in [1.54, 1.807) is 6.07 Å². The molecule has 1 aromatic carbocycles. The van der Waals surface area contributed by atoms with Crippen LogP contribution in [0, 0.1) is 5.82 Å². The van der Waals surface area contributed by atoms with Crippen molar-refractivity contribution in [3.63, 3.8) is 0 Å². The fourth-order valence-electron chi connectivity index (χ4n) is 0.994. The molecule has 1 unspecified atom stereocenters. The standard InChI is InChI=1S/C10H13FN2O/c1-2-9(12)13-10(14)7-5-3-4-6-8(7)11/h3-6,9H,2,12H2,1H3,(H,13,14). The van der Waals surface area contributed by atoms with Crippen molar-refractivity contribution in [2.24, 2.45) is 5.73 Å². The highest BCUT2D eigenvalue weighted by Crippen LogP contribution is 2.05. The third-order valence-corrected chi connectivity index (χ3v) is 1.87. The van der Waals surface area contributed by atoms with Crippen LogP contribution >= 0.6 is 0 Å². The Morgan fingerprint density at radius 2 is 2.21 bits per heavy atom. The lowest BCUT2D eigenvalue weighted by atomic mass is 10.2. The molecule has 0 aromatic heterocycles.